The molecule has 1 aromatic carbocycles. The second-order valence-electron chi connectivity index (χ2n) is 5.18. The second kappa shape index (κ2) is 5.03. The number of hydrogen-bond donors (Lipinski definition) is 2. The minimum Gasteiger partial charge on any atom is -0.398 e. The van der Waals surface area contributed by atoms with Crippen LogP contribution in [-0.4, -0.2) is 19.9 Å². The van der Waals surface area contributed by atoms with E-state index < -0.39 is 10.0 Å². The van der Waals surface area contributed by atoms with E-state index in [0.29, 0.717) is 29.1 Å². The van der Waals surface area contributed by atoms with E-state index in [1.807, 2.05) is 0 Å². The molecular formula is C14H17N3O2S. The molecule has 0 bridgehead atoms. The maximum atomic E-state index is 12.4. The molecule has 3 rings (SSSR count). The van der Waals surface area contributed by atoms with Gasteiger partial charge in [0.2, 0.25) is 10.0 Å². The third kappa shape index (κ3) is 2.62. The number of aromatic nitrogens is 1. The molecular weight excluding hydrogens is 274 g/mol. The van der Waals surface area contributed by atoms with Gasteiger partial charge in [0, 0.05) is 23.8 Å². The molecule has 3 N–H and O–H groups in total. The number of sulfonamides is 1. The van der Waals surface area contributed by atoms with Gasteiger partial charge in [-0.05, 0) is 36.6 Å². The van der Waals surface area contributed by atoms with Crippen molar-refractivity contribution in [1.82, 2.24) is 9.71 Å². The summed E-state index contributed by atoms with van der Waals surface area (Å²) in [6, 6.07) is 6.65. The summed E-state index contributed by atoms with van der Waals surface area (Å²) in [7, 11) is -3.54. The van der Waals surface area contributed by atoms with Gasteiger partial charge in [-0.2, -0.15) is 0 Å². The number of hydrogen-bond acceptors (Lipinski definition) is 4. The van der Waals surface area contributed by atoms with Gasteiger partial charge in [0.25, 0.3) is 0 Å². The molecule has 1 aliphatic rings. The molecule has 0 saturated heterocycles. The van der Waals surface area contributed by atoms with Gasteiger partial charge in [-0.25, -0.2) is 13.1 Å². The highest BCUT2D eigenvalue weighted by Gasteiger charge is 2.23. The molecule has 1 fully saturated rings. The van der Waals surface area contributed by atoms with Crippen molar-refractivity contribution in [2.45, 2.75) is 24.2 Å². The van der Waals surface area contributed by atoms with Crippen molar-refractivity contribution in [3.63, 3.8) is 0 Å². The average molecular weight is 291 g/mol. The lowest BCUT2D eigenvalue weighted by Gasteiger charge is -2.10. The molecule has 106 valence electrons. The molecule has 0 aliphatic heterocycles. The van der Waals surface area contributed by atoms with Crippen molar-refractivity contribution in [2.75, 3.05) is 12.3 Å². The Bertz CT molecular complexity index is 739. The number of rotatable bonds is 5. The molecule has 0 amide bonds. The number of nitrogen functional groups attached to an aromatic ring is 1. The van der Waals surface area contributed by atoms with Crippen molar-refractivity contribution in [2.24, 2.45) is 5.92 Å². The Morgan fingerprint density at radius 1 is 1.30 bits per heavy atom. The minimum atomic E-state index is -3.54. The van der Waals surface area contributed by atoms with Crippen LogP contribution >= 0.6 is 0 Å². The maximum absolute atomic E-state index is 12.4. The predicted octanol–water partition coefficient (Wildman–Crippen LogP) is 1.90. The van der Waals surface area contributed by atoms with E-state index in [1.165, 1.54) is 18.9 Å². The SMILES string of the molecule is Nc1ccc(S(=O)(=O)NCCC2CC2)c2ncccc12. The largest absolute Gasteiger partial charge is 0.398 e. The molecule has 5 nitrogen and oxygen atoms in total. The molecule has 1 aromatic heterocycles. The second-order valence-corrected chi connectivity index (χ2v) is 6.92. The van der Waals surface area contributed by atoms with Crippen molar-refractivity contribution in [3.05, 3.63) is 30.5 Å². The molecule has 0 unspecified atom stereocenters. The van der Waals surface area contributed by atoms with Crippen LogP contribution in [0.4, 0.5) is 5.69 Å². The van der Waals surface area contributed by atoms with Gasteiger partial charge in [-0.1, -0.05) is 12.8 Å². The Morgan fingerprint density at radius 3 is 2.85 bits per heavy atom. The van der Waals surface area contributed by atoms with Crippen LogP contribution in [0.15, 0.2) is 35.4 Å². The number of benzene rings is 1. The monoisotopic (exact) mass is 291 g/mol. The number of anilines is 1. The third-order valence-electron chi connectivity index (χ3n) is 3.60. The van der Waals surface area contributed by atoms with Crippen LogP contribution in [0.1, 0.15) is 19.3 Å². The topological polar surface area (TPSA) is 85.1 Å². The summed E-state index contributed by atoms with van der Waals surface area (Å²) in [5.41, 5.74) is 6.82. The zero-order valence-corrected chi connectivity index (χ0v) is 11.9. The quantitative estimate of drug-likeness (QED) is 0.824. The summed E-state index contributed by atoms with van der Waals surface area (Å²) >= 11 is 0. The van der Waals surface area contributed by atoms with Crippen LogP contribution in [0.25, 0.3) is 10.9 Å². The Balaban J connectivity index is 1.93. The fraction of sp³-hybridized carbons (Fsp3) is 0.357. The zero-order chi connectivity index (χ0) is 14.2. The Kier molecular flexibility index (Phi) is 3.35. The Labute approximate surface area is 118 Å². The van der Waals surface area contributed by atoms with E-state index in [2.05, 4.69) is 9.71 Å². The van der Waals surface area contributed by atoms with Crippen LogP contribution < -0.4 is 10.5 Å². The lowest BCUT2D eigenvalue weighted by molar-refractivity contribution is 0.576. The summed E-state index contributed by atoms with van der Waals surface area (Å²) in [4.78, 5) is 4.36. The van der Waals surface area contributed by atoms with E-state index in [-0.39, 0.29) is 4.90 Å². The van der Waals surface area contributed by atoms with E-state index in [9.17, 15) is 8.42 Å². The standard InChI is InChI=1S/C14H17N3O2S/c15-12-5-6-13(14-11(12)2-1-8-16-14)20(18,19)17-9-7-10-3-4-10/h1-2,5-6,8,10,17H,3-4,7,9,15H2. The third-order valence-corrected chi connectivity index (χ3v) is 5.09. The molecule has 2 aromatic rings. The van der Waals surface area contributed by atoms with Crippen molar-refractivity contribution >= 4 is 26.6 Å². The zero-order valence-electron chi connectivity index (χ0n) is 11.0. The van der Waals surface area contributed by atoms with Gasteiger partial charge in [-0.3, -0.25) is 4.98 Å². The Morgan fingerprint density at radius 2 is 2.10 bits per heavy atom. The van der Waals surface area contributed by atoms with Crippen LogP contribution in [-0.2, 0) is 10.0 Å². The first kappa shape index (κ1) is 13.3. The van der Waals surface area contributed by atoms with Gasteiger partial charge in [0.15, 0.2) is 0 Å². The lowest BCUT2D eigenvalue weighted by Crippen LogP contribution is -2.25. The van der Waals surface area contributed by atoms with E-state index in [4.69, 9.17) is 5.73 Å². The van der Waals surface area contributed by atoms with Gasteiger partial charge in [-0.15, -0.1) is 0 Å². The average Bonchev–Trinajstić information content (AvgIpc) is 3.23. The fourth-order valence-electron chi connectivity index (χ4n) is 2.27. The fourth-order valence-corrected chi connectivity index (χ4v) is 3.47. The van der Waals surface area contributed by atoms with Crippen molar-refractivity contribution in [1.29, 1.82) is 0 Å². The molecule has 1 heterocycles. The van der Waals surface area contributed by atoms with Gasteiger partial charge >= 0.3 is 0 Å². The summed E-state index contributed by atoms with van der Waals surface area (Å²) in [6.45, 7) is 0.478. The van der Waals surface area contributed by atoms with Gasteiger partial charge in [0.05, 0.1) is 5.52 Å². The highest BCUT2D eigenvalue weighted by atomic mass is 32.2. The number of fused-ring (bicyclic) bond motifs is 1. The van der Waals surface area contributed by atoms with Crippen molar-refractivity contribution in [3.8, 4) is 0 Å². The maximum Gasteiger partial charge on any atom is 0.242 e. The highest BCUT2D eigenvalue weighted by molar-refractivity contribution is 7.89. The van der Waals surface area contributed by atoms with Gasteiger partial charge in [0.1, 0.15) is 4.90 Å². The predicted molar refractivity (Wildman–Crippen MR) is 78.7 cm³/mol. The number of nitrogens with zero attached hydrogens (tertiary/aromatic N) is 1. The van der Waals surface area contributed by atoms with E-state index in [1.54, 1.807) is 24.4 Å². The molecule has 6 heteroatoms. The molecule has 20 heavy (non-hydrogen) atoms. The van der Waals surface area contributed by atoms with Gasteiger partial charge < -0.3 is 5.73 Å². The van der Waals surface area contributed by atoms with Crippen molar-refractivity contribution < 1.29 is 8.42 Å². The van der Waals surface area contributed by atoms with Crippen LogP contribution in [0.5, 0.6) is 0 Å². The number of nitrogens with one attached hydrogen (secondary N) is 1. The number of nitrogens with two attached hydrogens (primary N) is 1. The normalized spacial score (nSPS) is 15.6. The Hall–Kier alpha value is -1.66. The summed E-state index contributed by atoms with van der Waals surface area (Å²) < 4.78 is 27.4. The van der Waals surface area contributed by atoms with E-state index >= 15 is 0 Å². The highest BCUT2D eigenvalue weighted by Crippen LogP contribution is 2.32. The first-order valence-electron chi connectivity index (χ1n) is 6.71. The van der Waals surface area contributed by atoms with Crippen LogP contribution in [0, 0.1) is 5.92 Å². The molecule has 0 radical (unpaired) electrons. The molecule has 0 spiro atoms. The summed E-state index contributed by atoms with van der Waals surface area (Å²) in [5, 5.41) is 0.664. The van der Waals surface area contributed by atoms with Crippen LogP contribution in [0.2, 0.25) is 0 Å². The number of pyridine rings is 1. The summed E-state index contributed by atoms with van der Waals surface area (Å²) in [5.74, 6) is 0.694. The first-order valence-corrected chi connectivity index (χ1v) is 8.19. The van der Waals surface area contributed by atoms with Crippen LogP contribution in [0.3, 0.4) is 0 Å². The molecule has 1 saturated carbocycles. The first-order chi connectivity index (χ1) is 9.58. The lowest BCUT2D eigenvalue weighted by atomic mass is 10.2. The smallest absolute Gasteiger partial charge is 0.242 e. The van der Waals surface area contributed by atoms with E-state index in [0.717, 1.165) is 6.42 Å². The molecule has 0 atom stereocenters. The summed E-state index contributed by atoms with van der Waals surface area (Å²) in [6.07, 6.45) is 4.91. The minimum absolute atomic E-state index is 0.193. The molecule has 1 aliphatic carbocycles.